The summed E-state index contributed by atoms with van der Waals surface area (Å²) in [7, 11) is 0. The van der Waals surface area contributed by atoms with Gasteiger partial charge in [-0.2, -0.15) is 0 Å². The normalized spacial score (nSPS) is 14.6. The Morgan fingerprint density at radius 1 is 1.38 bits per heavy atom. The van der Waals surface area contributed by atoms with Gasteiger partial charge in [-0.1, -0.05) is 13.0 Å². The van der Waals surface area contributed by atoms with Gasteiger partial charge in [0.1, 0.15) is 0 Å². The Morgan fingerprint density at radius 3 is 2.81 bits per heavy atom. The molecule has 1 saturated carbocycles. The molecule has 0 bridgehead atoms. The number of anilines is 2. The molecular weight excluding hydrogens is 200 g/mol. The summed E-state index contributed by atoms with van der Waals surface area (Å²) < 4.78 is 0. The molecular formula is C13H18N2O. The molecule has 0 heterocycles. The van der Waals surface area contributed by atoms with Gasteiger partial charge in [0.25, 0.3) is 0 Å². The second-order valence-corrected chi connectivity index (χ2v) is 4.31. The van der Waals surface area contributed by atoms with Crippen molar-refractivity contribution in [1.82, 2.24) is 0 Å². The van der Waals surface area contributed by atoms with Crippen LogP contribution in [-0.4, -0.2) is 12.5 Å². The van der Waals surface area contributed by atoms with Crippen LogP contribution in [0.1, 0.15) is 26.2 Å². The van der Waals surface area contributed by atoms with E-state index in [2.05, 4.69) is 10.6 Å². The van der Waals surface area contributed by atoms with E-state index in [1.807, 2.05) is 31.2 Å². The standard InChI is InChI=1S/C13H18N2O/c1-2-13(16)15-12-5-3-4-11(8-12)14-9-10-6-7-10/h3-5,8,10,14H,2,6-7,9H2,1H3,(H,15,16). The Labute approximate surface area is 96.2 Å². The minimum Gasteiger partial charge on any atom is -0.385 e. The van der Waals surface area contributed by atoms with E-state index in [4.69, 9.17) is 0 Å². The SMILES string of the molecule is CCC(=O)Nc1cccc(NCC2CC2)c1. The Hall–Kier alpha value is -1.51. The summed E-state index contributed by atoms with van der Waals surface area (Å²) in [5, 5.41) is 6.24. The van der Waals surface area contributed by atoms with Crippen molar-refractivity contribution in [2.75, 3.05) is 17.2 Å². The van der Waals surface area contributed by atoms with Crippen LogP contribution in [-0.2, 0) is 4.79 Å². The molecule has 0 atom stereocenters. The van der Waals surface area contributed by atoms with E-state index in [0.717, 1.165) is 23.8 Å². The maximum absolute atomic E-state index is 11.2. The number of benzene rings is 1. The average Bonchev–Trinajstić information content (AvgIpc) is 3.10. The van der Waals surface area contributed by atoms with Crippen molar-refractivity contribution in [3.05, 3.63) is 24.3 Å². The van der Waals surface area contributed by atoms with Crippen molar-refractivity contribution in [2.24, 2.45) is 5.92 Å². The minimum atomic E-state index is 0.0549. The van der Waals surface area contributed by atoms with Crippen LogP contribution >= 0.6 is 0 Å². The van der Waals surface area contributed by atoms with Crippen LogP contribution in [0.5, 0.6) is 0 Å². The lowest BCUT2D eigenvalue weighted by Gasteiger charge is -2.08. The first-order chi connectivity index (χ1) is 7.78. The van der Waals surface area contributed by atoms with Crippen LogP contribution in [0.15, 0.2) is 24.3 Å². The highest BCUT2D eigenvalue weighted by Gasteiger charge is 2.20. The molecule has 3 nitrogen and oxygen atoms in total. The van der Waals surface area contributed by atoms with Gasteiger partial charge in [0.2, 0.25) is 5.91 Å². The van der Waals surface area contributed by atoms with Gasteiger partial charge in [0.05, 0.1) is 0 Å². The summed E-state index contributed by atoms with van der Waals surface area (Å²) >= 11 is 0. The highest BCUT2D eigenvalue weighted by Crippen LogP contribution is 2.29. The van der Waals surface area contributed by atoms with Crippen molar-refractivity contribution < 1.29 is 4.79 Å². The summed E-state index contributed by atoms with van der Waals surface area (Å²) in [6.07, 6.45) is 3.21. The maximum Gasteiger partial charge on any atom is 0.224 e. The number of hydrogen-bond donors (Lipinski definition) is 2. The van der Waals surface area contributed by atoms with Gasteiger partial charge in [-0.05, 0) is 37.0 Å². The van der Waals surface area contributed by atoms with Crippen LogP contribution in [0.2, 0.25) is 0 Å². The predicted octanol–water partition coefficient (Wildman–Crippen LogP) is 2.86. The van der Waals surface area contributed by atoms with E-state index < -0.39 is 0 Å². The third-order valence-electron chi connectivity index (χ3n) is 2.76. The lowest BCUT2D eigenvalue weighted by molar-refractivity contribution is -0.115. The van der Waals surface area contributed by atoms with Gasteiger partial charge in [-0.3, -0.25) is 4.79 Å². The van der Waals surface area contributed by atoms with Crippen LogP contribution in [0, 0.1) is 5.92 Å². The smallest absolute Gasteiger partial charge is 0.224 e. The number of rotatable bonds is 5. The Morgan fingerprint density at radius 2 is 2.12 bits per heavy atom. The molecule has 0 radical (unpaired) electrons. The summed E-state index contributed by atoms with van der Waals surface area (Å²) in [6.45, 7) is 2.90. The molecule has 16 heavy (non-hydrogen) atoms. The molecule has 1 amide bonds. The van der Waals surface area contributed by atoms with Crippen molar-refractivity contribution in [2.45, 2.75) is 26.2 Å². The molecule has 1 aliphatic carbocycles. The number of hydrogen-bond acceptors (Lipinski definition) is 2. The van der Waals surface area contributed by atoms with Gasteiger partial charge in [-0.25, -0.2) is 0 Å². The van der Waals surface area contributed by atoms with E-state index >= 15 is 0 Å². The summed E-state index contributed by atoms with van der Waals surface area (Å²) in [4.78, 5) is 11.2. The first-order valence-corrected chi connectivity index (χ1v) is 5.91. The number of amides is 1. The fraction of sp³-hybridized carbons (Fsp3) is 0.462. The number of carbonyl (C=O) groups is 1. The number of nitrogens with one attached hydrogen (secondary N) is 2. The molecule has 2 rings (SSSR count). The molecule has 1 aliphatic rings. The van der Waals surface area contributed by atoms with Gasteiger partial charge < -0.3 is 10.6 Å². The average molecular weight is 218 g/mol. The lowest BCUT2D eigenvalue weighted by Crippen LogP contribution is -2.10. The predicted molar refractivity (Wildman–Crippen MR) is 66.6 cm³/mol. The largest absolute Gasteiger partial charge is 0.385 e. The molecule has 86 valence electrons. The zero-order chi connectivity index (χ0) is 11.4. The fourth-order valence-electron chi connectivity index (χ4n) is 1.54. The van der Waals surface area contributed by atoms with Crippen LogP contribution in [0.3, 0.4) is 0 Å². The van der Waals surface area contributed by atoms with Gasteiger partial charge in [0.15, 0.2) is 0 Å². The van der Waals surface area contributed by atoms with E-state index in [1.54, 1.807) is 0 Å². The van der Waals surface area contributed by atoms with Crippen molar-refractivity contribution in [3.8, 4) is 0 Å². The zero-order valence-electron chi connectivity index (χ0n) is 9.62. The second-order valence-electron chi connectivity index (χ2n) is 4.31. The van der Waals surface area contributed by atoms with Crippen LogP contribution in [0.25, 0.3) is 0 Å². The zero-order valence-corrected chi connectivity index (χ0v) is 9.62. The van der Waals surface area contributed by atoms with Crippen LogP contribution in [0.4, 0.5) is 11.4 Å². The van der Waals surface area contributed by atoms with Crippen molar-refractivity contribution in [1.29, 1.82) is 0 Å². The third kappa shape index (κ3) is 3.26. The van der Waals surface area contributed by atoms with Gasteiger partial charge in [-0.15, -0.1) is 0 Å². The molecule has 1 fully saturated rings. The quantitative estimate of drug-likeness (QED) is 0.798. The lowest BCUT2D eigenvalue weighted by atomic mass is 10.2. The maximum atomic E-state index is 11.2. The minimum absolute atomic E-state index is 0.0549. The first kappa shape index (κ1) is 11.0. The highest BCUT2D eigenvalue weighted by molar-refractivity contribution is 5.90. The molecule has 0 saturated heterocycles. The Bertz CT molecular complexity index is 372. The van der Waals surface area contributed by atoms with Crippen LogP contribution < -0.4 is 10.6 Å². The van der Waals surface area contributed by atoms with Gasteiger partial charge >= 0.3 is 0 Å². The molecule has 1 aromatic rings. The van der Waals surface area contributed by atoms with E-state index in [0.29, 0.717) is 6.42 Å². The molecule has 1 aromatic carbocycles. The topological polar surface area (TPSA) is 41.1 Å². The molecule has 0 aliphatic heterocycles. The molecule has 3 heteroatoms. The summed E-state index contributed by atoms with van der Waals surface area (Å²) in [6, 6.07) is 7.89. The second kappa shape index (κ2) is 5.01. The Kier molecular flexibility index (Phi) is 3.44. The summed E-state index contributed by atoms with van der Waals surface area (Å²) in [5.74, 6) is 0.910. The van der Waals surface area contributed by atoms with Crippen molar-refractivity contribution in [3.63, 3.8) is 0 Å². The fourth-order valence-corrected chi connectivity index (χ4v) is 1.54. The third-order valence-corrected chi connectivity index (χ3v) is 2.76. The monoisotopic (exact) mass is 218 g/mol. The first-order valence-electron chi connectivity index (χ1n) is 5.91. The van der Waals surface area contributed by atoms with Gasteiger partial charge in [0, 0.05) is 24.3 Å². The van der Waals surface area contributed by atoms with E-state index in [1.165, 1.54) is 12.8 Å². The van der Waals surface area contributed by atoms with E-state index in [9.17, 15) is 4.79 Å². The highest BCUT2D eigenvalue weighted by atomic mass is 16.1. The van der Waals surface area contributed by atoms with Crippen molar-refractivity contribution >= 4 is 17.3 Å². The number of carbonyl (C=O) groups excluding carboxylic acids is 1. The molecule has 0 unspecified atom stereocenters. The molecule has 0 spiro atoms. The summed E-state index contributed by atoms with van der Waals surface area (Å²) in [5.41, 5.74) is 1.95. The molecule has 0 aromatic heterocycles. The van der Waals surface area contributed by atoms with E-state index in [-0.39, 0.29) is 5.91 Å². The Balaban J connectivity index is 1.92. The molecule has 2 N–H and O–H groups in total.